The highest BCUT2D eigenvalue weighted by Crippen LogP contribution is 2.77. The Morgan fingerprint density at radius 3 is 1.73 bits per heavy atom. The number of amides is 2. The Balaban J connectivity index is 1.19. The van der Waals surface area contributed by atoms with E-state index < -0.39 is 46.9 Å². The number of ether oxygens (including phenoxy) is 3. The van der Waals surface area contributed by atoms with Crippen LogP contribution in [0.15, 0.2) is 60.7 Å². The number of nitrogens with one attached hydrogen (secondary N) is 2. The van der Waals surface area contributed by atoms with Crippen LogP contribution in [-0.4, -0.2) is 72.3 Å². The van der Waals surface area contributed by atoms with Gasteiger partial charge in [0.2, 0.25) is 11.8 Å². The Morgan fingerprint density at radius 1 is 0.672 bits per heavy atom. The molecule has 2 aromatic carbocycles. The predicted molar refractivity (Wildman–Crippen MR) is 240 cm³/mol. The zero-order valence-corrected chi connectivity index (χ0v) is 39.1. The predicted octanol–water partition coefficient (Wildman–Crippen LogP) is 7.77. The first-order valence-electron chi connectivity index (χ1n) is 23.3. The van der Waals surface area contributed by atoms with E-state index in [0.717, 1.165) is 55.2 Å². The van der Waals surface area contributed by atoms with E-state index >= 15 is 9.59 Å². The average Bonchev–Trinajstić information content (AvgIpc) is 3.67. The first kappa shape index (κ1) is 47.1. The van der Waals surface area contributed by atoms with Crippen molar-refractivity contribution in [1.29, 1.82) is 0 Å². The zero-order valence-electron chi connectivity index (χ0n) is 39.1. The number of esters is 3. The van der Waals surface area contributed by atoms with Crippen LogP contribution in [0.5, 0.6) is 11.5 Å². The fourth-order valence-electron chi connectivity index (χ4n) is 14.9. The summed E-state index contributed by atoms with van der Waals surface area (Å²) in [5.74, 6) is -1.34. The second-order valence-corrected chi connectivity index (χ2v) is 21.1. The van der Waals surface area contributed by atoms with E-state index in [1.54, 1.807) is 48.5 Å². The topological polar surface area (TPSA) is 178 Å². The summed E-state index contributed by atoms with van der Waals surface area (Å²) in [6.45, 7) is 17.2. The number of hydrogen-bond acceptors (Lipinski definition) is 10. The minimum absolute atomic E-state index is 0.0265. The molecule has 5 fully saturated rings. The molecule has 0 aliphatic heterocycles. The summed E-state index contributed by atoms with van der Waals surface area (Å²) in [5, 5.41) is 26.0. The zero-order chi connectivity index (χ0) is 46.6. The van der Waals surface area contributed by atoms with Crippen molar-refractivity contribution < 1.29 is 48.4 Å². The molecular weight excluding hydrogens is 813 g/mol. The molecule has 12 heteroatoms. The fourth-order valence-corrected chi connectivity index (χ4v) is 14.9. The van der Waals surface area contributed by atoms with Gasteiger partial charge in [-0.2, -0.15) is 0 Å². The van der Waals surface area contributed by atoms with E-state index in [-0.39, 0.29) is 82.0 Å². The molecule has 5 aliphatic carbocycles. The van der Waals surface area contributed by atoms with Gasteiger partial charge in [-0.15, -0.1) is 0 Å². The molecule has 2 aromatic rings. The summed E-state index contributed by atoms with van der Waals surface area (Å²) in [7, 11) is 2.63. The summed E-state index contributed by atoms with van der Waals surface area (Å²) in [6.07, 6.45) is 7.43. The Bertz CT molecular complexity index is 2140. The van der Waals surface area contributed by atoms with E-state index in [2.05, 4.69) is 44.9 Å². The van der Waals surface area contributed by atoms with Crippen molar-refractivity contribution in [2.24, 2.45) is 56.7 Å². The molecule has 2 amide bonds. The lowest BCUT2D eigenvalue weighted by atomic mass is 9.32. The van der Waals surface area contributed by atoms with Gasteiger partial charge in [0.15, 0.2) is 0 Å². The van der Waals surface area contributed by atoms with Crippen LogP contribution in [0.2, 0.25) is 0 Å². The van der Waals surface area contributed by atoms with Crippen LogP contribution >= 0.6 is 0 Å². The van der Waals surface area contributed by atoms with Crippen molar-refractivity contribution in [3.8, 4) is 11.5 Å². The molecule has 0 bridgehead atoms. The Labute approximate surface area is 378 Å². The number of aromatic hydroxyl groups is 2. The number of carbonyl (C=O) groups excluding carboxylic acids is 5. The highest BCUT2D eigenvalue weighted by molar-refractivity contribution is 5.90. The minimum atomic E-state index is -1.16. The van der Waals surface area contributed by atoms with Gasteiger partial charge in [-0.1, -0.05) is 57.2 Å². The van der Waals surface area contributed by atoms with Crippen LogP contribution in [0, 0.1) is 56.7 Å². The number of rotatable bonds is 12. The van der Waals surface area contributed by atoms with E-state index in [0.29, 0.717) is 25.7 Å². The van der Waals surface area contributed by atoms with Gasteiger partial charge in [-0.25, -0.2) is 9.59 Å². The van der Waals surface area contributed by atoms with Gasteiger partial charge in [0.05, 0.1) is 25.0 Å². The largest absolute Gasteiger partial charge is 0.508 e. The van der Waals surface area contributed by atoms with Crippen molar-refractivity contribution in [3.63, 3.8) is 0 Å². The molecule has 12 nitrogen and oxygen atoms in total. The summed E-state index contributed by atoms with van der Waals surface area (Å²) in [6, 6.07) is 11.3. The van der Waals surface area contributed by atoms with Crippen LogP contribution in [0.3, 0.4) is 0 Å². The van der Waals surface area contributed by atoms with Crippen LogP contribution < -0.4 is 10.6 Å². The van der Waals surface area contributed by atoms with Gasteiger partial charge in [0, 0.05) is 19.8 Å². The molecule has 4 N–H and O–H groups in total. The molecule has 0 heterocycles. The molecule has 64 heavy (non-hydrogen) atoms. The second-order valence-electron chi connectivity index (χ2n) is 21.1. The standard InChI is InChI=1S/C52H70N2O10/c1-30(2)36-20-25-52(47(61)54-39(45(59)63-9)29-33-12-16-35(57)17-13-33)27-26-49(5)37(43(36)52)18-19-40-48(4)23-22-42(64-31(3)55)51(7,41(48)21-24-50(40,49)6)46(60)53-38(44(58)62-8)28-32-10-14-34(56)15-11-32/h10-17,36-43,56-57H,1,18-29H2,2-9H3,(H,53,60)(H,54,61)/t36-,37+,38-,39-,40+,41+,42+,43+,48+,49+,50+,51-,52-/m0/s1. The third-order valence-electron chi connectivity index (χ3n) is 18.3. The molecule has 0 saturated heterocycles. The highest BCUT2D eigenvalue weighted by Gasteiger charge is 2.73. The van der Waals surface area contributed by atoms with Crippen molar-refractivity contribution in [2.75, 3.05) is 14.2 Å². The maximum atomic E-state index is 15.1. The summed E-state index contributed by atoms with van der Waals surface area (Å²) in [5.41, 5.74) is 0.145. The summed E-state index contributed by atoms with van der Waals surface area (Å²) in [4.78, 5) is 69.3. The van der Waals surface area contributed by atoms with Crippen LogP contribution in [-0.2, 0) is 51.0 Å². The van der Waals surface area contributed by atoms with Gasteiger partial charge in [-0.3, -0.25) is 14.4 Å². The summed E-state index contributed by atoms with van der Waals surface area (Å²) < 4.78 is 16.5. The molecule has 0 unspecified atom stereocenters. The average molecular weight is 883 g/mol. The second kappa shape index (κ2) is 17.5. The molecule has 348 valence electrons. The molecule has 0 radical (unpaired) electrons. The van der Waals surface area contributed by atoms with Crippen molar-refractivity contribution in [3.05, 3.63) is 71.8 Å². The smallest absolute Gasteiger partial charge is 0.328 e. The molecule has 5 saturated carbocycles. The number of carbonyl (C=O) groups is 5. The van der Waals surface area contributed by atoms with Gasteiger partial charge in [0.1, 0.15) is 29.7 Å². The van der Waals surface area contributed by atoms with E-state index in [1.807, 2.05) is 6.92 Å². The highest BCUT2D eigenvalue weighted by atomic mass is 16.5. The SMILES string of the molecule is C=C(C)[C@@H]1CC[C@]2(C(=O)N[C@@H](Cc3ccc(O)cc3)C(=O)OC)CC[C@]3(C)[C@H](CC[C@@H]4[C@@]5(C)CC[C@@H](OC(C)=O)[C@@](C)(C(=O)N[C@@H](Cc6ccc(O)cc6)C(=O)OC)[C@@H]5CC[C@]43C)[C@@H]12. The van der Waals surface area contributed by atoms with Crippen molar-refractivity contribution >= 4 is 29.7 Å². The Morgan fingerprint density at radius 2 is 1.22 bits per heavy atom. The maximum absolute atomic E-state index is 15.1. The van der Waals surface area contributed by atoms with Gasteiger partial charge < -0.3 is 35.1 Å². The number of phenolic OH excluding ortho intramolecular Hbond substituents is 2. The number of benzene rings is 2. The summed E-state index contributed by atoms with van der Waals surface area (Å²) >= 11 is 0. The van der Waals surface area contributed by atoms with Gasteiger partial charge in [-0.05, 0) is 159 Å². The van der Waals surface area contributed by atoms with Crippen molar-refractivity contribution in [2.45, 2.75) is 137 Å². The Hall–Kier alpha value is -4.87. The van der Waals surface area contributed by atoms with E-state index in [1.165, 1.54) is 21.1 Å². The lowest BCUT2D eigenvalue weighted by molar-refractivity contribution is -0.249. The molecule has 5 aliphatic rings. The fraction of sp³-hybridized carbons (Fsp3) is 0.635. The molecular formula is C52H70N2O10. The normalized spacial score (nSPS) is 36.0. The van der Waals surface area contributed by atoms with Gasteiger partial charge in [0.25, 0.3) is 0 Å². The first-order valence-corrected chi connectivity index (χ1v) is 23.3. The molecule has 0 spiro atoms. The van der Waals surface area contributed by atoms with Crippen LogP contribution in [0.1, 0.15) is 117 Å². The van der Waals surface area contributed by atoms with E-state index in [9.17, 15) is 24.6 Å². The number of fused-ring (bicyclic) bond motifs is 7. The number of methoxy groups -OCH3 is 2. The molecule has 7 rings (SSSR count). The quantitative estimate of drug-likeness (QED) is 0.0936. The van der Waals surface area contributed by atoms with Gasteiger partial charge >= 0.3 is 17.9 Å². The number of allylic oxidation sites excluding steroid dienone is 1. The van der Waals surface area contributed by atoms with E-state index in [4.69, 9.17) is 14.2 Å². The number of phenols is 2. The number of hydrogen-bond donors (Lipinski definition) is 4. The molecule has 13 atom stereocenters. The first-order chi connectivity index (χ1) is 30.2. The third kappa shape index (κ3) is 7.78. The van der Waals surface area contributed by atoms with Crippen LogP contribution in [0.4, 0.5) is 0 Å². The monoisotopic (exact) mass is 883 g/mol. The lowest BCUT2D eigenvalue weighted by Gasteiger charge is -2.72. The Kier molecular flexibility index (Phi) is 12.9. The maximum Gasteiger partial charge on any atom is 0.328 e. The van der Waals surface area contributed by atoms with Crippen LogP contribution in [0.25, 0.3) is 0 Å². The van der Waals surface area contributed by atoms with Crippen molar-refractivity contribution in [1.82, 2.24) is 10.6 Å². The lowest BCUT2D eigenvalue weighted by Crippen LogP contribution is -2.69. The molecule has 0 aromatic heterocycles. The third-order valence-corrected chi connectivity index (χ3v) is 18.3. The minimum Gasteiger partial charge on any atom is -0.508 e.